The Balaban J connectivity index is 0.000000206. The van der Waals surface area contributed by atoms with Gasteiger partial charge in [0.25, 0.3) is 11.8 Å². The van der Waals surface area contributed by atoms with E-state index in [-0.39, 0.29) is 35.1 Å². The summed E-state index contributed by atoms with van der Waals surface area (Å²) in [6, 6.07) is 7.58. The number of anilines is 1. The summed E-state index contributed by atoms with van der Waals surface area (Å²) < 4.78 is 52.4. The third-order valence-electron chi connectivity index (χ3n) is 5.51. The van der Waals surface area contributed by atoms with E-state index in [9.17, 15) is 13.2 Å². The summed E-state index contributed by atoms with van der Waals surface area (Å²) in [7, 11) is 0. The van der Waals surface area contributed by atoms with Crippen LogP contribution in [-0.4, -0.2) is 26.9 Å². The fraction of sp³-hybridized carbons (Fsp3) is 0.407. The van der Waals surface area contributed by atoms with Crippen LogP contribution in [0, 0.1) is 17.5 Å². The van der Waals surface area contributed by atoms with E-state index < -0.39 is 11.6 Å². The minimum absolute atomic E-state index is 0.0291. The topological polar surface area (TPSA) is 89.9 Å². The molecule has 0 aliphatic carbocycles. The molecule has 0 radical (unpaired) electrons. The standard InChI is InChI=1S/C14H17FN2O.C13H15F2N3O/c1-4-5-13-16-17-14(18-13)11-7-6-10(9(2)3)8-12(11)15;1-4-16-13-18-17-12(19-13)9-6-10(14)8(7(2)3)5-11(9)15/h6-9H,4-5H2,1-3H3;5-7H,4H2,1-3H3,(H,16,18). The molecule has 2 aromatic heterocycles. The molecular formula is C27H32F3N5O2. The van der Waals surface area contributed by atoms with Gasteiger partial charge in [0.05, 0.1) is 11.1 Å². The third-order valence-corrected chi connectivity index (χ3v) is 5.51. The van der Waals surface area contributed by atoms with Crippen molar-refractivity contribution in [3.63, 3.8) is 0 Å². The highest BCUT2D eigenvalue weighted by Gasteiger charge is 2.18. The van der Waals surface area contributed by atoms with Crippen molar-refractivity contribution in [3.8, 4) is 22.9 Å². The molecule has 1 N–H and O–H groups in total. The fourth-order valence-electron chi connectivity index (χ4n) is 3.46. The van der Waals surface area contributed by atoms with Gasteiger partial charge in [0.2, 0.25) is 5.89 Å². The molecular weight excluding hydrogens is 483 g/mol. The molecule has 0 spiro atoms. The lowest BCUT2D eigenvalue weighted by Crippen LogP contribution is -1.97. The largest absolute Gasteiger partial charge is 0.421 e. The Kier molecular flexibility index (Phi) is 9.43. The van der Waals surface area contributed by atoms with Gasteiger partial charge in [0.1, 0.15) is 17.5 Å². The first kappa shape index (κ1) is 27.9. The second-order valence-corrected chi connectivity index (χ2v) is 9.10. The number of nitrogens with zero attached hydrogens (tertiary/aromatic N) is 4. The van der Waals surface area contributed by atoms with E-state index >= 15 is 0 Å². The van der Waals surface area contributed by atoms with Gasteiger partial charge in [-0.2, -0.15) is 0 Å². The molecule has 10 heteroatoms. The Bertz CT molecular complexity index is 1320. The first-order chi connectivity index (χ1) is 17.6. The summed E-state index contributed by atoms with van der Waals surface area (Å²) in [6.07, 6.45) is 1.65. The van der Waals surface area contributed by atoms with E-state index in [0.717, 1.165) is 24.5 Å². The number of halogens is 3. The molecule has 0 aliphatic rings. The maximum absolute atomic E-state index is 14.0. The quantitative estimate of drug-likeness (QED) is 0.259. The molecule has 0 amide bonds. The maximum atomic E-state index is 14.0. The SMILES string of the molecule is CCCc1nnc(-c2ccc(C(C)C)cc2F)o1.CCNc1nnc(-c2cc(F)c(C(C)C)cc2F)o1. The Morgan fingerprint density at radius 3 is 2.05 bits per heavy atom. The molecule has 4 aromatic rings. The van der Waals surface area contributed by atoms with E-state index in [1.165, 1.54) is 12.1 Å². The zero-order chi connectivity index (χ0) is 27.1. The summed E-state index contributed by atoms with van der Waals surface area (Å²) in [4.78, 5) is 0. The van der Waals surface area contributed by atoms with Crippen molar-refractivity contribution in [1.82, 2.24) is 20.4 Å². The Labute approximate surface area is 214 Å². The van der Waals surface area contributed by atoms with Gasteiger partial charge in [-0.15, -0.1) is 15.3 Å². The predicted molar refractivity (Wildman–Crippen MR) is 136 cm³/mol. The fourth-order valence-corrected chi connectivity index (χ4v) is 3.46. The van der Waals surface area contributed by atoms with Crippen LogP contribution in [0.1, 0.15) is 76.8 Å². The van der Waals surface area contributed by atoms with Crippen LogP contribution < -0.4 is 5.32 Å². The van der Waals surface area contributed by atoms with E-state index in [2.05, 4.69) is 25.7 Å². The summed E-state index contributed by atoms with van der Waals surface area (Å²) in [5, 5.41) is 18.0. The van der Waals surface area contributed by atoms with Crippen LogP contribution in [0.25, 0.3) is 22.9 Å². The van der Waals surface area contributed by atoms with Crippen LogP contribution in [0.15, 0.2) is 39.2 Å². The summed E-state index contributed by atoms with van der Waals surface area (Å²) in [6.45, 7) is 12.1. The summed E-state index contributed by atoms with van der Waals surface area (Å²) >= 11 is 0. The summed E-state index contributed by atoms with van der Waals surface area (Å²) in [5.41, 5.74) is 1.63. The normalized spacial score (nSPS) is 11.1. The molecule has 0 atom stereocenters. The number of hydrogen-bond donors (Lipinski definition) is 1. The minimum Gasteiger partial charge on any atom is -0.421 e. The van der Waals surface area contributed by atoms with Crippen molar-refractivity contribution in [2.45, 2.75) is 66.2 Å². The van der Waals surface area contributed by atoms with Crippen molar-refractivity contribution in [2.24, 2.45) is 0 Å². The van der Waals surface area contributed by atoms with E-state index in [1.54, 1.807) is 19.9 Å². The number of aryl methyl sites for hydroxylation is 1. The first-order valence-electron chi connectivity index (χ1n) is 12.3. The molecule has 198 valence electrons. The van der Waals surface area contributed by atoms with Crippen LogP contribution in [0.2, 0.25) is 0 Å². The molecule has 0 fully saturated rings. The van der Waals surface area contributed by atoms with Gasteiger partial charge in [-0.1, -0.05) is 45.8 Å². The Hall–Kier alpha value is -3.69. The van der Waals surface area contributed by atoms with Crippen LogP contribution in [0.5, 0.6) is 0 Å². The zero-order valence-corrected chi connectivity index (χ0v) is 21.9. The van der Waals surface area contributed by atoms with Gasteiger partial charge in [-0.25, -0.2) is 13.2 Å². The molecule has 2 heterocycles. The minimum atomic E-state index is -0.572. The number of benzene rings is 2. The molecule has 0 saturated carbocycles. The van der Waals surface area contributed by atoms with Crippen molar-refractivity contribution < 1.29 is 22.0 Å². The highest BCUT2D eigenvalue weighted by Crippen LogP contribution is 2.29. The molecule has 0 saturated heterocycles. The number of rotatable bonds is 8. The van der Waals surface area contributed by atoms with Gasteiger partial charge in [-0.3, -0.25) is 0 Å². The number of hydrogen-bond acceptors (Lipinski definition) is 7. The molecule has 2 aromatic carbocycles. The zero-order valence-electron chi connectivity index (χ0n) is 21.9. The Morgan fingerprint density at radius 1 is 0.757 bits per heavy atom. The van der Waals surface area contributed by atoms with Crippen molar-refractivity contribution in [1.29, 1.82) is 0 Å². The van der Waals surface area contributed by atoms with Crippen LogP contribution in [-0.2, 0) is 6.42 Å². The lowest BCUT2D eigenvalue weighted by molar-refractivity contribution is 0.498. The average Bonchev–Trinajstić information content (AvgIpc) is 3.51. The van der Waals surface area contributed by atoms with E-state index in [1.807, 2.05) is 33.8 Å². The maximum Gasteiger partial charge on any atom is 0.315 e. The highest BCUT2D eigenvalue weighted by molar-refractivity contribution is 5.56. The van der Waals surface area contributed by atoms with Crippen LogP contribution in [0.4, 0.5) is 19.2 Å². The van der Waals surface area contributed by atoms with Gasteiger partial charge in [0, 0.05) is 13.0 Å². The third kappa shape index (κ3) is 6.96. The van der Waals surface area contributed by atoms with Crippen molar-refractivity contribution in [2.75, 3.05) is 11.9 Å². The smallest absolute Gasteiger partial charge is 0.315 e. The number of aromatic nitrogens is 4. The van der Waals surface area contributed by atoms with E-state index in [0.29, 0.717) is 29.5 Å². The van der Waals surface area contributed by atoms with Gasteiger partial charge in [-0.05, 0) is 60.6 Å². The lowest BCUT2D eigenvalue weighted by Gasteiger charge is -2.08. The first-order valence-corrected chi connectivity index (χ1v) is 12.3. The molecule has 37 heavy (non-hydrogen) atoms. The van der Waals surface area contributed by atoms with Crippen molar-refractivity contribution in [3.05, 3.63) is 64.8 Å². The van der Waals surface area contributed by atoms with Crippen molar-refractivity contribution >= 4 is 6.01 Å². The molecule has 7 nitrogen and oxygen atoms in total. The second-order valence-electron chi connectivity index (χ2n) is 9.10. The molecule has 0 aliphatic heterocycles. The van der Waals surface area contributed by atoms with E-state index in [4.69, 9.17) is 8.83 Å². The van der Waals surface area contributed by atoms with Gasteiger partial charge >= 0.3 is 6.01 Å². The van der Waals surface area contributed by atoms with Gasteiger partial charge < -0.3 is 14.2 Å². The van der Waals surface area contributed by atoms with Crippen LogP contribution >= 0.6 is 0 Å². The molecule has 0 bridgehead atoms. The number of nitrogens with one attached hydrogen (secondary N) is 1. The predicted octanol–water partition coefficient (Wildman–Crippen LogP) is 7.52. The van der Waals surface area contributed by atoms with Crippen LogP contribution in [0.3, 0.4) is 0 Å². The molecule has 0 unspecified atom stereocenters. The monoisotopic (exact) mass is 515 g/mol. The van der Waals surface area contributed by atoms with Gasteiger partial charge in [0.15, 0.2) is 0 Å². The molecule has 4 rings (SSSR count). The summed E-state index contributed by atoms with van der Waals surface area (Å²) in [5.74, 6) is -0.386. The second kappa shape index (κ2) is 12.5. The Morgan fingerprint density at radius 2 is 1.43 bits per heavy atom. The average molecular weight is 516 g/mol. The highest BCUT2D eigenvalue weighted by atomic mass is 19.1. The lowest BCUT2D eigenvalue weighted by atomic mass is 10.0.